The predicted octanol–water partition coefficient (Wildman–Crippen LogP) is 3.62. The zero-order valence-corrected chi connectivity index (χ0v) is 15.2. The number of benzene rings is 1. The Bertz CT molecular complexity index is 520. The number of nitrogens with one attached hydrogen (secondary N) is 1. The number of halogens is 2. The van der Waals surface area contributed by atoms with E-state index in [1.54, 1.807) is 0 Å². The van der Waals surface area contributed by atoms with Crippen molar-refractivity contribution in [1.29, 1.82) is 0 Å². The number of rotatable bonds is 4. The Morgan fingerprint density at radius 1 is 1.17 bits per heavy atom. The van der Waals surface area contributed by atoms with Gasteiger partial charge in [0.15, 0.2) is 0 Å². The molecule has 1 aromatic rings. The number of methoxy groups -OCH3 is 1. The first-order valence-corrected chi connectivity index (χ1v) is 9.34. The second kappa shape index (κ2) is 8.17. The summed E-state index contributed by atoms with van der Waals surface area (Å²) in [5.74, 6) is 0.551. The van der Waals surface area contributed by atoms with Gasteiger partial charge in [-0.2, -0.15) is 0 Å². The molecule has 2 atom stereocenters. The van der Waals surface area contributed by atoms with Crippen LogP contribution in [0.15, 0.2) is 18.2 Å². The smallest absolute Gasteiger partial charge is 0.0730 e. The lowest BCUT2D eigenvalue weighted by Gasteiger charge is -2.43. The lowest BCUT2D eigenvalue weighted by molar-refractivity contribution is -0.0285. The molecule has 1 N–H and O–H groups in total. The summed E-state index contributed by atoms with van der Waals surface area (Å²) in [6, 6.07) is 6.70. The van der Waals surface area contributed by atoms with Crippen LogP contribution in [0.3, 0.4) is 0 Å². The van der Waals surface area contributed by atoms with E-state index in [1.807, 2.05) is 19.2 Å². The van der Waals surface area contributed by atoms with Crippen molar-refractivity contribution in [2.24, 2.45) is 5.92 Å². The molecule has 2 aliphatic rings. The lowest BCUT2D eigenvalue weighted by atomic mass is 9.86. The van der Waals surface area contributed by atoms with Gasteiger partial charge in [0.1, 0.15) is 0 Å². The van der Waals surface area contributed by atoms with Gasteiger partial charge in [-0.25, -0.2) is 0 Å². The Morgan fingerprint density at radius 3 is 2.65 bits per heavy atom. The Hall–Kier alpha value is -0.320. The van der Waals surface area contributed by atoms with E-state index in [0.717, 1.165) is 32.1 Å². The van der Waals surface area contributed by atoms with Crippen molar-refractivity contribution in [1.82, 2.24) is 10.2 Å². The van der Waals surface area contributed by atoms with E-state index in [4.69, 9.17) is 27.9 Å². The highest BCUT2D eigenvalue weighted by atomic mass is 35.5. The van der Waals surface area contributed by atoms with Crippen LogP contribution in [0, 0.1) is 5.92 Å². The molecule has 1 aromatic carbocycles. The molecule has 0 aromatic heterocycles. The van der Waals surface area contributed by atoms with Crippen molar-refractivity contribution in [2.45, 2.75) is 37.8 Å². The van der Waals surface area contributed by atoms with Crippen molar-refractivity contribution >= 4 is 23.2 Å². The van der Waals surface area contributed by atoms with Gasteiger partial charge in [0, 0.05) is 19.7 Å². The molecular weight excluding hydrogens is 331 g/mol. The van der Waals surface area contributed by atoms with Crippen LogP contribution in [0.5, 0.6) is 0 Å². The van der Waals surface area contributed by atoms with Gasteiger partial charge >= 0.3 is 0 Å². The molecule has 2 aliphatic heterocycles. The average molecular weight is 357 g/mol. The SMILES string of the molecule is COC1CN(C2CCNCC2)CCC1Cc1ccc(Cl)c(Cl)c1. The van der Waals surface area contributed by atoms with Gasteiger partial charge < -0.3 is 10.1 Å². The Morgan fingerprint density at radius 2 is 1.96 bits per heavy atom. The zero-order chi connectivity index (χ0) is 16.2. The van der Waals surface area contributed by atoms with Crippen LogP contribution in [0.4, 0.5) is 0 Å². The summed E-state index contributed by atoms with van der Waals surface area (Å²) in [4.78, 5) is 2.64. The molecule has 2 fully saturated rings. The summed E-state index contributed by atoms with van der Waals surface area (Å²) < 4.78 is 5.83. The molecule has 0 radical (unpaired) electrons. The van der Waals surface area contributed by atoms with Gasteiger partial charge in [-0.05, 0) is 68.9 Å². The third kappa shape index (κ3) is 4.40. The average Bonchev–Trinajstić information content (AvgIpc) is 2.59. The molecule has 128 valence electrons. The van der Waals surface area contributed by atoms with Crippen LogP contribution in [0.2, 0.25) is 10.0 Å². The number of hydrogen-bond donors (Lipinski definition) is 1. The second-order valence-electron chi connectivity index (χ2n) is 6.75. The maximum Gasteiger partial charge on any atom is 0.0730 e. The van der Waals surface area contributed by atoms with Gasteiger partial charge in [0.2, 0.25) is 0 Å². The standard InChI is InChI=1S/C18H26Cl2N2O/c1-23-18-12-22(15-4-7-21-8-5-15)9-6-14(18)10-13-2-3-16(19)17(20)11-13/h2-3,11,14-15,18,21H,4-10,12H2,1H3. The van der Waals surface area contributed by atoms with Crippen molar-refractivity contribution in [3.8, 4) is 0 Å². The summed E-state index contributed by atoms with van der Waals surface area (Å²) in [6.45, 7) is 4.51. The molecular formula is C18H26Cl2N2O. The van der Waals surface area contributed by atoms with E-state index in [1.165, 1.54) is 31.4 Å². The Balaban J connectivity index is 1.61. The fraction of sp³-hybridized carbons (Fsp3) is 0.667. The minimum Gasteiger partial charge on any atom is -0.380 e. The van der Waals surface area contributed by atoms with Crippen molar-refractivity contribution in [3.05, 3.63) is 33.8 Å². The summed E-state index contributed by atoms with van der Waals surface area (Å²) in [5, 5.41) is 4.72. The molecule has 2 unspecified atom stereocenters. The molecule has 2 heterocycles. The zero-order valence-electron chi connectivity index (χ0n) is 13.7. The van der Waals surface area contributed by atoms with Crippen LogP contribution in [0.25, 0.3) is 0 Å². The third-order valence-electron chi connectivity index (χ3n) is 5.34. The van der Waals surface area contributed by atoms with Crippen molar-refractivity contribution < 1.29 is 4.74 Å². The molecule has 0 bridgehead atoms. The quantitative estimate of drug-likeness (QED) is 0.891. The molecule has 0 saturated carbocycles. The molecule has 2 saturated heterocycles. The number of ether oxygens (including phenoxy) is 1. The highest BCUT2D eigenvalue weighted by molar-refractivity contribution is 6.42. The summed E-state index contributed by atoms with van der Waals surface area (Å²) in [5.41, 5.74) is 1.25. The van der Waals surface area contributed by atoms with Gasteiger partial charge in [0.25, 0.3) is 0 Å². The molecule has 23 heavy (non-hydrogen) atoms. The van der Waals surface area contributed by atoms with Gasteiger partial charge in [-0.3, -0.25) is 4.90 Å². The molecule has 0 spiro atoms. The van der Waals surface area contributed by atoms with Crippen LogP contribution in [-0.2, 0) is 11.2 Å². The number of hydrogen-bond acceptors (Lipinski definition) is 3. The maximum atomic E-state index is 6.15. The van der Waals surface area contributed by atoms with E-state index in [2.05, 4.69) is 16.3 Å². The first-order chi connectivity index (χ1) is 11.2. The molecule has 5 heteroatoms. The van der Waals surface area contributed by atoms with Crippen molar-refractivity contribution in [2.75, 3.05) is 33.3 Å². The Kier molecular flexibility index (Phi) is 6.22. The fourth-order valence-electron chi connectivity index (χ4n) is 3.96. The minimum absolute atomic E-state index is 0.299. The summed E-state index contributed by atoms with van der Waals surface area (Å²) in [6.07, 6.45) is 5.01. The first kappa shape index (κ1) is 17.5. The normalized spacial score (nSPS) is 27.3. The topological polar surface area (TPSA) is 24.5 Å². The molecule has 0 aliphatic carbocycles. The Labute approximate surface area is 149 Å². The highest BCUT2D eigenvalue weighted by Gasteiger charge is 2.33. The van der Waals surface area contributed by atoms with E-state index in [0.29, 0.717) is 22.1 Å². The molecule has 0 amide bonds. The van der Waals surface area contributed by atoms with Gasteiger partial charge in [-0.1, -0.05) is 29.3 Å². The minimum atomic E-state index is 0.299. The van der Waals surface area contributed by atoms with Crippen LogP contribution in [-0.4, -0.2) is 50.3 Å². The van der Waals surface area contributed by atoms with Crippen LogP contribution < -0.4 is 5.32 Å². The van der Waals surface area contributed by atoms with E-state index in [-0.39, 0.29) is 0 Å². The summed E-state index contributed by atoms with van der Waals surface area (Å²) >= 11 is 12.2. The maximum absolute atomic E-state index is 6.15. The van der Waals surface area contributed by atoms with E-state index >= 15 is 0 Å². The van der Waals surface area contributed by atoms with Gasteiger partial charge in [-0.15, -0.1) is 0 Å². The third-order valence-corrected chi connectivity index (χ3v) is 6.08. The largest absolute Gasteiger partial charge is 0.380 e. The van der Waals surface area contributed by atoms with E-state index in [9.17, 15) is 0 Å². The summed E-state index contributed by atoms with van der Waals surface area (Å²) in [7, 11) is 1.85. The lowest BCUT2D eigenvalue weighted by Crippen LogP contribution is -2.52. The first-order valence-electron chi connectivity index (χ1n) is 8.59. The molecule has 3 nitrogen and oxygen atoms in total. The van der Waals surface area contributed by atoms with Crippen LogP contribution in [0.1, 0.15) is 24.8 Å². The monoisotopic (exact) mass is 356 g/mol. The predicted molar refractivity (Wildman–Crippen MR) is 96.5 cm³/mol. The number of piperidine rings is 2. The van der Waals surface area contributed by atoms with Crippen molar-refractivity contribution in [3.63, 3.8) is 0 Å². The van der Waals surface area contributed by atoms with E-state index < -0.39 is 0 Å². The molecule has 3 rings (SSSR count). The van der Waals surface area contributed by atoms with Gasteiger partial charge in [0.05, 0.1) is 16.1 Å². The number of nitrogens with zero attached hydrogens (tertiary/aromatic N) is 1. The second-order valence-corrected chi connectivity index (χ2v) is 7.57. The van der Waals surface area contributed by atoms with Crippen LogP contribution >= 0.6 is 23.2 Å². The fourth-order valence-corrected chi connectivity index (χ4v) is 4.28. The number of likely N-dealkylation sites (tertiary alicyclic amines) is 1. The highest BCUT2D eigenvalue weighted by Crippen LogP contribution is 2.29.